The Morgan fingerprint density at radius 1 is 1.53 bits per heavy atom. The molecule has 1 unspecified atom stereocenters. The molecule has 0 aromatic carbocycles. The average molecular weight is 272 g/mol. The van der Waals surface area contributed by atoms with Crippen LogP contribution in [0.3, 0.4) is 0 Å². The molecule has 3 N–H and O–H groups in total. The Bertz CT molecular complexity index is 263. The molecule has 19 heavy (non-hydrogen) atoms. The molecule has 0 aromatic heterocycles. The minimum atomic E-state index is 0.238. The number of nitrogens with one attached hydrogen (secondary N) is 1. The van der Waals surface area contributed by atoms with Gasteiger partial charge in [-0.25, -0.2) is 0 Å². The Labute approximate surface area is 116 Å². The van der Waals surface area contributed by atoms with Gasteiger partial charge in [0.25, 0.3) is 0 Å². The van der Waals surface area contributed by atoms with E-state index in [1.165, 1.54) is 0 Å². The number of hydrogen-bond donors (Lipinski definition) is 2. The highest BCUT2D eigenvalue weighted by Gasteiger charge is 2.21. The van der Waals surface area contributed by atoms with Gasteiger partial charge < -0.3 is 15.2 Å². The van der Waals surface area contributed by atoms with Gasteiger partial charge in [-0.15, -0.1) is 0 Å². The molecule has 1 saturated heterocycles. The summed E-state index contributed by atoms with van der Waals surface area (Å²) in [6.07, 6.45) is 0.853. The van der Waals surface area contributed by atoms with Crippen LogP contribution >= 0.6 is 0 Å². The first-order valence-electron chi connectivity index (χ1n) is 7.03. The number of methoxy groups -OCH3 is 1. The first-order chi connectivity index (χ1) is 9.15. The lowest BCUT2D eigenvalue weighted by Crippen LogP contribution is -2.48. The summed E-state index contributed by atoms with van der Waals surface area (Å²) in [5, 5.41) is 7.33. The highest BCUT2D eigenvalue weighted by atomic mass is 16.5. The topological polar surface area (TPSA) is 74.8 Å². The van der Waals surface area contributed by atoms with Crippen LogP contribution in [0.5, 0.6) is 0 Å². The minimum absolute atomic E-state index is 0.238. The zero-order valence-corrected chi connectivity index (χ0v) is 12.2. The molecule has 0 radical (unpaired) electrons. The average Bonchev–Trinajstić information content (AvgIpc) is 2.42. The first kappa shape index (κ1) is 16.4. The van der Waals surface area contributed by atoms with Gasteiger partial charge in [0.1, 0.15) is 0 Å². The maximum absolute atomic E-state index is 7.33. The van der Waals surface area contributed by atoms with E-state index < -0.39 is 0 Å². The maximum Gasteiger partial charge on any atom is 0.0918 e. The van der Waals surface area contributed by atoms with E-state index in [9.17, 15) is 0 Å². The van der Waals surface area contributed by atoms with E-state index in [0.29, 0.717) is 13.0 Å². The number of nitrogens with two attached hydrogens (primary N) is 1. The van der Waals surface area contributed by atoms with Crippen molar-refractivity contribution in [1.29, 1.82) is 5.41 Å². The van der Waals surface area contributed by atoms with Crippen LogP contribution in [0, 0.1) is 5.41 Å². The monoisotopic (exact) mass is 272 g/mol. The number of amidine groups is 1. The molecule has 112 valence electrons. The van der Waals surface area contributed by atoms with Crippen LogP contribution in [0.25, 0.3) is 0 Å². The van der Waals surface area contributed by atoms with Gasteiger partial charge in [0.05, 0.1) is 25.2 Å². The van der Waals surface area contributed by atoms with E-state index in [0.717, 1.165) is 45.9 Å². The summed E-state index contributed by atoms with van der Waals surface area (Å²) >= 11 is 0. The van der Waals surface area contributed by atoms with Gasteiger partial charge in [-0.3, -0.25) is 15.2 Å². The van der Waals surface area contributed by atoms with E-state index in [1.807, 2.05) is 0 Å². The Morgan fingerprint density at radius 3 is 2.95 bits per heavy atom. The highest BCUT2D eigenvalue weighted by Crippen LogP contribution is 2.07. The summed E-state index contributed by atoms with van der Waals surface area (Å²) < 4.78 is 11.0. The number of ether oxygens (including phenoxy) is 2. The van der Waals surface area contributed by atoms with Crippen molar-refractivity contribution in [2.45, 2.75) is 19.4 Å². The number of likely N-dealkylation sites (N-methyl/N-ethyl adjacent to an activating group) is 1. The summed E-state index contributed by atoms with van der Waals surface area (Å²) in [5.74, 6) is 0.238. The molecule has 1 atom stereocenters. The largest absolute Gasteiger partial charge is 0.388 e. The quantitative estimate of drug-likeness (QED) is 0.456. The second-order valence-corrected chi connectivity index (χ2v) is 4.95. The lowest BCUT2D eigenvalue weighted by atomic mass is 10.2. The normalized spacial score (nSPS) is 20.9. The summed E-state index contributed by atoms with van der Waals surface area (Å²) in [6, 6.07) is 0. The standard InChI is InChI=1S/C13H28N4O2/c1-3-16-7-9-19-12(10-16)11-17(6-8-18-2)5-4-13(14)15/h12H,3-11H2,1-2H3,(H3,14,15). The Balaban J connectivity index is 2.38. The fraction of sp³-hybridized carbons (Fsp3) is 0.923. The second kappa shape index (κ2) is 9.25. The van der Waals surface area contributed by atoms with Crippen LogP contribution < -0.4 is 5.73 Å². The summed E-state index contributed by atoms with van der Waals surface area (Å²) in [4.78, 5) is 4.68. The fourth-order valence-electron chi connectivity index (χ4n) is 2.26. The van der Waals surface area contributed by atoms with Crippen molar-refractivity contribution in [3.05, 3.63) is 0 Å². The maximum atomic E-state index is 7.33. The van der Waals surface area contributed by atoms with Gasteiger partial charge in [-0.05, 0) is 6.54 Å². The van der Waals surface area contributed by atoms with Gasteiger partial charge >= 0.3 is 0 Å². The Hall–Kier alpha value is -0.690. The van der Waals surface area contributed by atoms with E-state index in [1.54, 1.807) is 7.11 Å². The number of morpholine rings is 1. The zero-order chi connectivity index (χ0) is 14.1. The molecule has 0 amide bonds. The van der Waals surface area contributed by atoms with E-state index in [4.69, 9.17) is 20.6 Å². The molecule has 0 spiro atoms. The predicted molar refractivity (Wildman–Crippen MR) is 76.7 cm³/mol. The molecule has 6 heteroatoms. The number of hydrogen-bond acceptors (Lipinski definition) is 5. The number of nitrogens with zero attached hydrogens (tertiary/aromatic N) is 2. The zero-order valence-electron chi connectivity index (χ0n) is 12.2. The molecule has 1 fully saturated rings. The molecule has 6 nitrogen and oxygen atoms in total. The smallest absolute Gasteiger partial charge is 0.0918 e. The predicted octanol–water partition coefficient (Wildman–Crippen LogP) is -0.0184. The summed E-state index contributed by atoms with van der Waals surface area (Å²) in [5.41, 5.74) is 5.43. The lowest BCUT2D eigenvalue weighted by Gasteiger charge is -2.35. The van der Waals surface area contributed by atoms with Crippen molar-refractivity contribution in [2.75, 3.05) is 59.6 Å². The van der Waals surface area contributed by atoms with Crippen LogP contribution in [0.2, 0.25) is 0 Å². The molecule has 0 bridgehead atoms. The highest BCUT2D eigenvalue weighted by molar-refractivity contribution is 5.76. The molecular weight excluding hydrogens is 244 g/mol. The SMILES string of the molecule is CCN1CCOC(CN(CCOC)CCC(=N)N)C1. The third-order valence-corrected chi connectivity index (χ3v) is 3.44. The Morgan fingerprint density at radius 2 is 2.32 bits per heavy atom. The van der Waals surface area contributed by atoms with Crippen LogP contribution in [0.1, 0.15) is 13.3 Å². The van der Waals surface area contributed by atoms with Gasteiger partial charge in [-0.2, -0.15) is 0 Å². The Kier molecular flexibility index (Phi) is 7.97. The van der Waals surface area contributed by atoms with Gasteiger partial charge in [-0.1, -0.05) is 6.92 Å². The van der Waals surface area contributed by atoms with Gasteiger partial charge in [0.2, 0.25) is 0 Å². The minimum Gasteiger partial charge on any atom is -0.388 e. The molecule has 1 aliphatic heterocycles. The van der Waals surface area contributed by atoms with Crippen molar-refractivity contribution < 1.29 is 9.47 Å². The number of rotatable bonds is 9. The van der Waals surface area contributed by atoms with Crippen LogP contribution in [0.15, 0.2) is 0 Å². The molecule has 1 aliphatic rings. The van der Waals surface area contributed by atoms with Gasteiger partial charge in [0.15, 0.2) is 0 Å². The van der Waals surface area contributed by atoms with E-state index in [2.05, 4.69) is 16.7 Å². The third-order valence-electron chi connectivity index (χ3n) is 3.44. The molecule has 1 rings (SSSR count). The first-order valence-corrected chi connectivity index (χ1v) is 7.03. The molecule has 1 heterocycles. The second-order valence-electron chi connectivity index (χ2n) is 4.95. The fourth-order valence-corrected chi connectivity index (χ4v) is 2.26. The van der Waals surface area contributed by atoms with Crippen LogP contribution in [-0.4, -0.2) is 81.3 Å². The van der Waals surface area contributed by atoms with Crippen LogP contribution in [-0.2, 0) is 9.47 Å². The molecule has 0 saturated carbocycles. The molecular formula is C13H28N4O2. The van der Waals surface area contributed by atoms with E-state index >= 15 is 0 Å². The van der Waals surface area contributed by atoms with E-state index in [-0.39, 0.29) is 11.9 Å². The van der Waals surface area contributed by atoms with Crippen molar-refractivity contribution in [3.8, 4) is 0 Å². The summed E-state index contributed by atoms with van der Waals surface area (Å²) in [6.45, 7) is 9.31. The summed E-state index contributed by atoms with van der Waals surface area (Å²) in [7, 11) is 1.71. The van der Waals surface area contributed by atoms with Crippen LogP contribution in [0.4, 0.5) is 0 Å². The van der Waals surface area contributed by atoms with Crippen molar-refractivity contribution >= 4 is 5.84 Å². The molecule has 0 aromatic rings. The molecule has 0 aliphatic carbocycles. The van der Waals surface area contributed by atoms with Gasteiger partial charge in [0, 0.05) is 46.3 Å². The van der Waals surface area contributed by atoms with Crippen molar-refractivity contribution in [3.63, 3.8) is 0 Å². The van der Waals surface area contributed by atoms with Crippen molar-refractivity contribution in [1.82, 2.24) is 9.80 Å². The lowest BCUT2D eigenvalue weighted by molar-refractivity contribution is -0.0434. The third kappa shape index (κ3) is 6.87. The van der Waals surface area contributed by atoms with Crippen molar-refractivity contribution in [2.24, 2.45) is 5.73 Å².